The lowest BCUT2D eigenvalue weighted by Gasteiger charge is -2.11. The molecule has 0 amide bonds. The van der Waals surface area contributed by atoms with Gasteiger partial charge in [0.15, 0.2) is 5.75 Å². The Bertz CT molecular complexity index is 339. The van der Waals surface area contributed by atoms with Crippen molar-refractivity contribution in [2.75, 3.05) is 13.7 Å². The molecule has 1 rings (SSSR count). The molecule has 0 radical (unpaired) electrons. The molecular formula is C9H10F3NO2. The number of ether oxygens (including phenoxy) is 2. The lowest BCUT2D eigenvalue weighted by molar-refractivity contribution is -0.138. The van der Waals surface area contributed by atoms with Gasteiger partial charge in [-0.1, -0.05) is 0 Å². The quantitative estimate of drug-likeness (QED) is 0.785. The van der Waals surface area contributed by atoms with Gasteiger partial charge < -0.3 is 9.47 Å². The van der Waals surface area contributed by atoms with Crippen LogP contribution in [0.25, 0.3) is 0 Å². The lowest BCUT2D eigenvalue weighted by atomic mass is 10.2. The normalized spacial score (nSPS) is 11.3. The second-order valence-electron chi connectivity index (χ2n) is 2.66. The van der Waals surface area contributed by atoms with Crippen LogP contribution in [-0.4, -0.2) is 18.7 Å². The van der Waals surface area contributed by atoms with E-state index in [9.17, 15) is 13.2 Å². The van der Waals surface area contributed by atoms with Crippen molar-refractivity contribution in [3.05, 3.63) is 17.8 Å². The van der Waals surface area contributed by atoms with Gasteiger partial charge in [0.2, 0.25) is 0 Å². The minimum Gasteiger partial charge on any atom is -0.491 e. The third-order valence-corrected chi connectivity index (χ3v) is 1.65. The summed E-state index contributed by atoms with van der Waals surface area (Å²) in [6.45, 7) is 2.02. The fourth-order valence-electron chi connectivity index (χ4n) is 0.978. The Balaban J connectivity index is 3.08. The molecule has 0 aromatic carbocycles. The minimum atomic E-state index is -4.43. The molecule has 0 bridgehead atoms. The maximum absolute atomic E-state index is 12.3. The van der Waals surface area contributed by atoms with E-state index < -0.39 is 11.7 Å². The molecule has 1 aromatic heterocycles. The topological polar surface area (TPSA) is 31.4 Å². The number of alkyl halides is 3. The van der Waals surface area contributed by atoms with Gasteiger partial charge in [-0.3, -0.25) is 0 Å². The second-order valence-corrected chi connectivity index (χ2v) is 2.66. The third kappa shape index (κ3) is 2.74. The summed E-state index contributed by atoms with van der Waals surface area (Å²) in [5.41, 5.74) is -0.859. The molecule has 6 heteroatoms. The summed E-state index contributed by atoms with van der Waals surface area (Å²) in [4.78, 5) is 3.54. The highest BCUT2D eigenvalue weighted by Crippen LogP contribution is 2.34. The van der Waals surface area contributed by atoms with Crippen LogP contribution in [0.1, 0.15) is 12.5 Å². The third-order valence-electron chi connectivity index (χ3n) is 1.65. The van der Waals surface area contributed by atoms with Gasteiger partial charge in [0.25, 0.3) is 5.88 Å². The summed E-state index contributed by atoms with van der Waals surface area (Å²) in [5.74, 6) is 0.0414. The van der Waals surface area contributed by atoms with Crippen molar-refractivity contribution in [2.24, 2.45) is 0 Å². The van der Waals surface area contributed by atoms with Crippen LogP contribution in [0, 0.1) is 0 Å². The summed E-state index contributed by atoms with van der Waals surface area (Å²) < 4.78 is 46.6. The van der Waals surface area contributed by atoms with Crippen molar-refractivity contribution < 1.29 is 22.6 Å². The van der Waals surface area contributed by atoms with Crippen molar-refractivity contribution in [2.45, 2.75) is 13.1 Å². The van der Waals surface area contributed by atoms with Crippen molar-refractivity contribution in [3.8, 4) is 11.6 Å². The van der Waals surface area contributed by atoms with Crippen molar-refractivity contribution in [1.82, 2.24) is 4.98 Å². The molecule has 0 aliphatic rings. The van der Waals surface area contributed by atoms with Crippen LogP contribution >= 0.6 is 0 Å². The second kappa shape index (κ2) is 4.37. The largest absolute Gasteiger partial charge is 0.491 e. The van der Waals surface area contributed by atoms with E-state index in [4.69, 9.17) is 9.47 Å². The average Bonchev–Trinajstić information content (AvgIpc) is 2.17. The summed E-state index contributed by atoms with van der Waals surface area (Å²) in [5, 5.41) is 0. The van der Waals surface area contributed by atoms with E-state index in [1.54, 1.807) is 6.92 Å². The highest BCUT2D eigenvalue weighted by atomic mass is 19.4. The Kier molecular flexibility index (Phi) is 3.39. The summed E-state index contributed by atoms with van der Waals surface area (Å²) in [7, 11) is 1.26. The molecule has 0 unspecified atom stereocenters. The molecule has 84 valence electrons. The molecule has 3 nitrogen and oxygen atoms in total. The van der Waals surface area contributed by atoms with Crippen molar-refractivity contribution in [3.63, 3.8) is 0 Å². The fraction of sp³-hybridized carbons (Fsp3) is 0.444. The van der Waals surface area contributed by atoms with Crippen molar-refractivity contribution >= 4 is 0 Å². The molecule has 0 aliphatic carbocycles. The maximum Gasteiger partial charge on any atom is 0.418 e. The van der Waals surface area contributed by atoms with E-state index in [1.807, 2.05) is 0 Å². The van der Waals surface area contributed by atoms with Crippen LogP contribution < -0.4 is 9.47 Å². The summed E-state index contributed by atoms with van der Waals surface area (Å²) in [6.07, 6.45) is -3.71. The number of nitrogens with zero attached hydrogens (tertiary/aromatic N) is 1. The average molecular weight is 221 g/mol. The van der Waals surface area contributed by atoms with E-state index in [-0.39, 0.29) is 11.6 Å². The zero-order valence-corrected chi connectivity index (χ0v) is 8.26. The molecule has 15 heavy (non-hydrogen) atoms. The molecule has 0 saturated carbocycles. The van der Waals surface area contributed by atoms with E-state index in [2.05, 4.69) is 4.98 Å². The number of pyridine rings is 1. The van der Waals surface area contributed by atoms with Gasteiger partial charge in [0, 0.05) is 6.20 Å². The van der Waals surface area contributed by atoms with Crippen LogP contribution in [0.4, 0.5) is 13.2 Å². The van der Waals surface area contributed by atoms with Gasteiger partial charge >= 0.3 is 6.18 Å². The van der Waals surface area contributed by atoms with Gasteiger partial charge in [-0.25, -0.2) is 4.98 Å². The van der Waals surface area contributed by atoms with Crippen LogP contribution in [0.15, 0.2) is 12.3 Å². The molecule has 1 heterocycles. The Hall–Kier alpha value is -1.46. The molecule has 0 fully saturated rings. The first-order chi connectivity index (χ1) is 6.99. The van der Waals surface area contributed by atoms with Gasteiger partial charge in [0.1, 0.15) is 0 Å². The predicted molar refractivity (Wildman–Crippen MR) is 47.0 cm³/mol. The molecule has 0 aliphatic heterocycles. The number of hydrogen-bond donors (Lipinski definition) is 0. The van der Waals surface area contributed by atoms with Gasteiger partial charge in [-0.2, -0.15) is 13.2 Å². The number of halogens is 3. The number of rotatable bonds is 3. The van der Waals surface area contributed by atoms with E-state index >= 15 is 0 Å². The summed E-state index contributed by atoms with van der Waals surface area (Å²) in [6, 6.07) is 0.859. The zero-order chi connectivity index (χ0) is 11.5. The first-order valence-corrected chi connectivity index (χ1v) is 4.23. The molecule has 0 saturated heterocycles. The fourth-order valence-corrected chi connectivity index (χ4v) is 0.978. The molecule has 0 N–H and O–H groups in total. The van der Waals surface area contributed by atoms with E-state index in [0.29, 0.717) is 12.8 Å². The van der Waals surface area contributed by atoms with Crippen LogP contribution in [0.5, 0.6) is 11.6 Å². The summed E-state index contributed by atoms with van der Waals surface area (Å²) >= 11 is 0. The molecule has 0 spiro atoms. The first-order valence-electron chi connectivity index (χ1n) is 4.23. The number of hydrogen-bond acceptors (Lipinski definition) is 3. The standard InChI is InChI=1S/C9H10F3NO2/c1-3-15-8-7(14-2)4-6(5-13-8)9(10,11)12/h4-5H,3H2,1-2H3. The van der Waals surface area contributed by atoms with Crippen LogP contribution in [0.2, 0.25) is 0 Å². The van der Waals surface area contributed by atoms with E-state index in [0.717, 1.165) is 6.07 Å². The predicted octanol–water partition coefficient (Wildman–Crippen LogP) is 2.51. The van der Waals surface area contributed by atoms with Gasteiger partial charge in [-0.05, 0) is 13.0 Å². The van der Waals surface area contributed by atoms with Crippen molar-refractivity contribution in [1.29, 1.82) is 0 Å². The monoisotopic (exact) mass is 221 g/mol. The van der Waals surface area contributed by atoms with Crippen LogP contribution in [0.3, 0.4) is 0 Å². The number of aromatic nitrogens is 1. The maximum atomic E-state index is 12.3. The molecule has 1 aromatic rings. The smallest absolute Gasteiger partial charge is 0.418 e. The highest BCUT2D eigenvalue weighted by molar-refractivity contribution is 5.37. The van der Waals surface area contributed by atoms with Gasteiger partial charge in [-0.15, -0.1) is 0 Å². The van der Waals surface area contributed by atoms with E-state index in [1.165, 1.54) is 7.11 Å². The zero-order valence-electron chi connectivity index (χ0n) is 8.26. The minimum absolute atomic E-state index is 0.0216. The molecular weight excluding hydrogens is 211 g/mol. The Morgan fingerprint density at radius 3 is 2.53 bits per heavy atom. The number of methoxy groups -OCH3 is 1. The lowest BCUT2D eigenvalue weighted by Crippen LogP contribution is -2.07. The highest BCUT2D eigenvalue weighted by Gasteiger charge is 2.32. The van der Waals surface area contributed by atoms with Crippen LogP contribution in [-0.2, 0) is 6.18 Å². The SMILES string of the molecule is CCOc1ncc(C(F)(F)F)cc1OC. The Morgan fingerprint density at radius 1 is 1.40 bits per heavy atom. The van der Waals surface area contributed by atoms with Gasteiger partial charge in [0.05, 0.1) is 19.3 Å². The molecule has 0 atom stereocenters. The Morgan fingerprint density at radius 2 is 2.07 bits per heavy atom. The Labute approximate surface area is 84.8 Å². The first kappa shape index (κ1) is 11.6.